The Morgan fingerprint density at radius 1 is 1.29 bits per heavy atom. The summed E-state index contributed by atoms with van der Waals surface area (Å²) in [6, 6.07) is 6.48. The molecule has 2 aliphatic rings. The Morgan fingerprint density at radius 2 is 2.09 bits per heavy atom. The molecule has 12 heteroatoms. The van der Waals surface area contributed by atoms with Gasteiger partial charge in [0.05, 0.1) is 4.88 Å². The van der Waals surface area contributed by atoms with E-state index in [1.54, 1.807) is 35.9 Å². The molecule has 4 aromatic rings. The number of hydrogen-bond donors (Lipinski definition) is 3. The molecule has 1 saturated heterocycles. The Hall–Kier alpha value is -3.35. The molecule has 5 N–H and O–H groups in total. The van der Waals surface area contributed by atoms with E-state index < -0.39 is 5.97 Å². The summed E-state index contributed by atoms with van der Waals surface area (Å²) < 4.78 is 15.3. The first-order valence-corrected chi connectivity index (χ1v) is 12.6. The van der Waals surface area contributed by atoms with Gasteiger partial charge >= 0.3 is 5.97 Å². The SMILES string of the molecule is Cc1c(C(=O)O)sc2nccn12.NC[C@@H]1C[C@@H]2C[C@@H]2N1C(=O)c1nc(N)sc1-c1cccc(F)c1. The smallest absolute Gasteiger partial charge is 0.347 e. The topological polar surface area (TPSA) is 140 Å². The number of piperidine rings is 1. The van der Waals surface area contributed by atoms with Gasteiger partial charge in [0.15, 0.2) is 10.1 Å². The Kier molecular flexibility index (Phi) is 6.03. The quantitative estimate of drug-likeness (QED) is 0.379. The van der Waals surface area contributed by atoms with Crippen molar-refractivity contribution in [3.63, 3.8) is 0 Å². The summed E-state index contributed by atoms with van der Waals surface area (Å²) in [5, 5.41) is 9.06. The number of anilines is 1. The van der Waals surface area contributed by atoms with Crippen molar-refractivity contribution < 1.29 is 19.1 Å². The zero-order chi connectivity index (χ0) is 24.9. The van der Waals surface area contributed by atoms with Crippen LogP contribution in [0.5, 0.6) is 0 Å². The molecule has 0 spiro atoms. The van der Waals surface area contributed by atoms with Crippen LogP contribution in [-0.2, 0) is 0 Å². The van der Waals surface area contributed by atoms with Gasteiger partial charge in [0, 0.05) is 36.7 Å². The van der Waals surface area contributed by atoms with Crippen LogP contribution in [0.3, 0.4) is 0 Å². The van der Waals surface area contributed by atoms with Crippen molar-refractivity contribution in [2.75, 3.05) is 12.3 Å². The van der Waals surface area contributed by atoms with Gasteiger partial charge in [0.25, 0.3) is 5.91 Å². The molecular weight excluding hydrogens is 491 g/mol. The first-order valence-electron chi connectivity index (χ1n) is 11.0. The van der Waals surface area contributed by atoms with E-state index in [2.05, 4.69) is 9.97 Å². The zero-order valence-corrected chi connectivity index (χ0v) is 20.4. The molecule has 9 nitrogen and oxygen atoms in total. The number of hydrogen-bond acceptors (Lipinski definition) is 8. The maximum Gasteiger partial charge on any atom is 0.347 e. The summed E-state index contributed by atoms with van der Waals surface area (Å²) in [5.74, 6) is -0.808. The van der Waals surface area contributed by atoms with Crippen LogP contribution < -0.4 is 11.5 Å². The van der Waals surface area contributed by atoms with Gasteiger partial charge in [-0.2, -0.15) is 0 Å². The Morgan fingerprint density at radius 3 is 2.77 bits per heavy atom. The summed E-state index contributed by atoms with van der Waals surface area (Å²) in [6.45, 7) is 2.22. The van der Waals surface area contributed by atoms with Gasteiger partial charge in [0.2, 0.25) is 0 Å². The highest BCUT2D eigenvalue weighted by Gasteiger charge is 2.54. The zero-order valence-electron chi connectivity index (χ0n) is 18.7. The van der Waals surface area contributed by atoms with Gasteiger partial charge in [-0.15, -0.1) is 0 Å². The van der Waals surface area contributed by atoms with Gasteiger partial charge < -0.3 is 21.5 Å². The van der Waals surface area contributed by atoms with Crippen molar-refractivity contribution in [3.05, 3.63) is 58.7 Å². The third-order valence-electron chi connectivity index (χ3n) is 6.33. The molecule has 0 bridgehead atoms. The van der Waals surface area contributed by atoms with Crippen LogP contribution in [0.1, 0.15) is 38.7 Å². The lowest BCUT2D eigenvalue weighted by molar-refractivity contribution is 0.0692. The minimum Gasteiger partial charge on any atom is -0.477 e. The fourth-order valence-electron chi connectivity index (χ4n) is 4.61. The Bertz CT molecular complexity index is 1430. The van der Waals surface area contributed by atoms with Crippen molar-refractivity contribution in [3.8, 4) is 10.4 Å². The molecule has 1 amide bonds. The number of carboxylic acids is 1. The second-order valence-electron chi connectivity index (χ2n) is 8.54. The van der Waals surface area contributed by atoms with Gasteiger partial charge in [0.1, 0.15) is 16.4 Å². The van der Waals surface area contributed by atoms with E-state index in [4.69, 9.17) is 16.6 Å². The highest BCUT2D eigenvalue weighted by atomic mass is 32.1. The second-order valence-corrected chi connectivity index (χ2v) is 10.6. The molecule has 3 atom stereocenters. The molecule has 182 valence electrons. The number of aromatic carboxylic acids is 1. The molecule has 35 heavy (non-hydrogen) atoms. The van der Waals surface area contributed by atoms with Gasteiger partial charge in [-0.1, -0.05) is 34.8 Å². The number of aromatic nitrogens is 3. The van der Waals surface area contributed by atoms with E-state index >= 15 is 0 Å². The van der Waals surface area contributed by atoms with E-state index in [9.17, 15) is 14.0 Å². The molecule has 3 aromatic heterocycles. The molecule has 6 rings (SSSR count). The number of nitrogen functional groups attached to an aromatic ring is 1. The van der Waals surface area contributed by atoms with Crippen LogP contribution in [0.4, 0.5) is 9.52 Å². The molecular formula is C23H23FN6O3S2. The van der Waals surface area contributed by atoms with Crippen LogP contribution in [0.2, 0.25) is 0 Å². The lowest BCUT2D eigenvalue weighted by Crippen LogP contribution is -2.42. The first-order chi connectivity index (χ1) is 16.8. The number of likely N-dealkylation sites (tertiary alicyclic amines) is 1. The molecule has 4 heterocycles. The molecule has 0 unspecified atom stereocenters. The standard InChI is InChI=1S/C16H17FN4OS.C7H6N2O2S/c17-10-3-1-2-8(4-10)14-13(20-16(19)23-14)15(22)21-11(7-18)5-9-6-12(9)21;1-4-5(6(10)11)12-7-8-2-3-9(4)7/h1-4,9,11-12H,5-7,18H2,(H2,19,20);2-3H,1H3,(H,10,11)/t9-,11+,12+;/m1./s1. The largest absolute Gasteiger partial charge is 0.477 e. The van der Waals surface area contributed by atoms with Crippen molar-refractivity contribution in [1.82, 2.24) is 19.3 Å². The number of aryl methyl sites for hydroxylation is 1. The summed E-state index contributed by atoms with van der Waals surface area (Å²) in [6.07, 6.45) is 5.41. The monoisotopic (exact) mass is 514 g/mol. The number of fused-ring (bicyclic) bond motifs is 2. The van der Waals surface area contributed by atoms with Crippen molar-refractivity contribution in [2.45, 2.75) is 31.8 Å². The summed E-state index contributed by atoms with van der Waals surface area (Å²) >= 11 is 2.40. The molecule has 1 aliphatic carbocycles. The van der Waals surface area contributed by atoms with Gasteiger partial charge in [-0.25, -0.2) is 19.2 Å². The number of thiazole rings is 2. The summed E-state index contributed by atoms with van der Waals surface area (Å²) in [4.78, 5) is 35.5. The molecule has 1 aromatic carbocycles. The fraction of sp³-hybridized carbons (Fsp3) is 0.304. The molecule has 1 saturated carbocycles. The third kappa shape index (κ3) is 4.28. The van der Waals surface area contributed by atoms with Crippen LogP contribution >= 0.6 is 22.7 Å². The minimum absolute atomic E-state index is 0.0644. The maximum atomic E-state index is 13.5. The average Bonchev–Trinajstić information content (AvgIpc) is 3.21. The third-order valence-corrected chi connectivity index (χ3v) is 8.43. The van der Waals surface area contributed by atoms with Crippen LogP contribution in [0.25, 0.3) is 15.4 Å². The Labute approximate surface area is 207 Å². The van der Waals surface area contributed by atoms with E-state index in [1.807, 2.05) is 4.90 Å². The normalized spacial score (nSPS) is 20.4. The van der Waals surface area contributed by atoms with Crippen molar-refractivity contribution >= 4 is 44.6 Å². The van der Waals surface area contributed by atoms with Crippen LogP contribution in [-0.4, -0.2) is 54.9 Å². The first kappa shape index (κ1) is 23.4. The molecule has 0 radical (unpaired) electrons. The average molecular weight is 515 g/mol. The van der Waals surface area contributed by atoms with Crippen LogP contribution in [0.15, 0.2) is 36.7 Å². The van der Waals surface area contributed by atoms with E-state index in [0.717, 1.165) is 23.5 Å². The number of benzene rings is 1. The lowest BCUT2D eigenvalue weighted by Gasteiger charge is -2.26. The lowest BCUT2D eigenvalue weighted by atomic mass is 10.1. The predicted molar refractivity (Wildman–Crippen MR) is 132 cm³/mol. The van der Waals surface area contributed by atoms with Gasteiger partial charge in [-0.05, 0) is 43.4 Å². The van der Waals surface area contributed by atoms with Gasteiger partial charge in [-0.3, -0.25) is 9.20 Å². The van der Waals surface area contributed by atoms with E-state index in [-0.39, 0.29) is 23.8 Å². The van der Waals surface area contributed by atoms with Crippen LogP contribution in [0, 0.1) is 18.7 Å². The number of nitrogens with zero attached hydrogens (tertiary/aromatic N) is 4. The molecule has 2 fully saturated rings. The van der Waals surface area contributed by atoms with Crippen molar-refractivity contribution in [1.29, 1.82) is 0 Å². The number of halogens is 1. The minimum atomic E-state index is -0.886. The number of amides is 1. The predicted octanol–water partition coefficient (Wildman–Crippen LogP) is 3.50. The highest BCUT2D eigenvalue weighted by Crippen LogP contribution is 2.48. The fourth-order valence-corrected chi connectivity index (χ4v) is 6.35. The number of carboxylic acid groups (broad SMARTS) is 1. The number of nitrogens with two attached hydrogens (primary N) is 2. The summed E-state index contributed by atoms with van der Waals surface area (Å²) in [5.41, 5.74) is 13.3. The number of imidazole rings is 1. The Balaban J connectivity index is 0.000000178. The number of carbonyl (C=O) groups is 2. The van der Waals surface area contributed by atoms with E-state index in [0.29, 0.717) is 38.6 Å². The second kappa shape index (κ2) is 9.02. The number of carbonyl (C=O) groups excluding carboxylic acids is 1. The highest BCUT2D eigenvalue weighted by molar-refractivity contribution is 7.19. The number of rotatable bonds is 4. The van der Waals surface area contributed by atoms with Crippen molar-refractivity contribution in [2.24, 2.45) is 11.7 Å². The molecule has 1 aliphatic heterocycles. The van der Waals surface area contributed by atoms with E-state index in [1.165, 1.54) is 34.8 Å². The summed E-state index contributed by atoms with van der Waals surface area (Å²) in [7, 11) is 0. The maximum absolute atomic E-state index is 13.5.